The molecule has 0 aliphatic carbocycles. The van der Waals surface area contributed by atoms with E-state index >= 15 is 0 Å². The smallest absolute Gasteiger partial charge is 0.191 e. The second-order valence-electron chi connectivity index (χ2n) is 4.78. The number of rotatable bonds is 5. The summed E-state index contributed by atoms with van der Waals surface area (Å²) in [6.07, 6.45) is 1.32. The Kier molecular flexibility index (Phi) is 5.95. The van der Waals surface area contributed by atoms with Gasteiger partial charge in [-0.15, -0.1) is 0 Å². The van der Waals surface area contributed by atoms with Crippen molar-refractivity contribution in [1.82, 2.24) is 15.5 Å². The van der Waals surface area contributed by atoms with Crippen LogP contribution in [0.2, 0.25) is 10.0 Å². The average Bonchev–Trinajstić information content (AvgIpc) is 2.37. The van der Waals surface area contributed by atoms with Crippen molar-refractivity contribution in [3.8, 4) is 0 Å². The maximum Gasteiger partial charge on any atom is 0.191 e. The Morgan fingerprint density at radius 1 is 1.30 bits per heavy atom. The lowest BCUT2D eigenvalue weighted by Gasteiger charge is -2.30. The van der Waals surface area contributed by atoms with Gasteiger partial charge in [0, 0.05) is 36.7 Å². The predicted octanol–water partition coefficient (Wildman–Crippen LogP) is 2.36. The molecule has 0 bridgehead atoms. The monoisotopic (exact) mass is 314 g/mol. The highest BCUT2D eigenvalue weighted by molar-refractivity contribution is 6.35. The molecular formula is C14H20Cl2N4. The van der Waals surface area contributed by atoms with E-state index in [9.17, 15) is 0 Å². The van der Waals surface area contributed by atoms with Gasteiger partial charge in [0.05, 0.1) is 0 Å². The molecule has 0 unspecified atom stereocenters. The lowest BCUT2D eigenvalue weighted by atomic mass is 10.2. The molecule has 1 saturated heterocycles. The fourth-order valence-electron chi connectivity index (χ4n) is 2.00. The second-order valence-corrected chi connectivity index (χ2v) is 5.63. The summed E-state index contributed by atoms with van der Waals surface area (Å²) >= 11 is 12.0. The lowest BCUT2D eigenvalue weighted by Crippen LogP contribution is -2.45. The highest BCUT2D eigenvalue weighted by atomic mass is 35.5. The summed E-state index contributed by atoms with van der Waals surface area (Å²) < 4.78 is 0. The summed E-state index contributed by atoms with van der Waals surface area (Å²) in [6.45, 7) is 5.01. The van der Waals surface area contributed by atoms with Crippen LogP contribution < -0.4 is 10.6 Å². The topological polar surface area (TPSA) is 39.7 Å². The molecule has 1 heterocycles. The number of nitrogens with zero attached hydrogens (tertiary/aromatic N) is 2. The largest absolute Gasteiger partial charge is 0.355 e. The van der Waals surface area contributed by atoms with E-state index in [0.717, 1.165) is 24.6 Å². The van der Waals surface area contributed by atoms with Gasteiger partial charge < -0.3 is 15.5 Å². The van der Waals surface area contributed by atoms with Gasteiger partial charge in [0.15, 0.2) is 5.96 Å². The SMILES string of the molecule is CN=C(NCCN1CCC1)NCc1ccc(Cl)cc1Cl. The van der Waals surface area contributed by atoms with Crippen LogP contribution in [-0.2, 0) is 6.54 Å². The van der Waals surface area contributed by atoms with E-state index in [1.807, 2.05) is 12.1 Å². The molecule has 0 aromatic heterocycles. The Morgan fingerprint density at radius 3 is 2.70 bits per heavy atom. The molecule has 4 nitrogen and oxygen atoms in total. The van der Waals surface area contributed by atoms with Gasteiger partial charge in [-0.25, -0.2) is 0 Å². The Labute approximate surface area is 130 Å². The van der Waals surface area contributed by atoms with Crippen molar-refractivity contribution >= 4 is 29.2 Å². The first-order valence-corrected chi connectivity index (χ1v) is 7.55. The van der Waals surface area contributed by atoms with Crippen LogP contribution in [0.1, 0.15) is 12.0 Å². The van der Waals surface area contributed by atoms with Crippen LogP contribution in [0.25, 0.3) is 0 Å². The standard InChI is InChI=1S/C14H20Cl2N4/c1-17-14(18-5-8-20-6-2-7-20)19-10-11-3-4-12(15)9-13(11)16/h3-4,9H,2,5-8,10H2,1H3,(H2,17,18,19). The maximum absolute atomic E-state index is 6.14. The number of likely N-dealkylation sites (tertiary alicyclic amines) is 1. The quantitative estimate of drug-likeness (QED) is 0.647. The summed E-state index contributed by atoms with van der Waals surface area (Å²) in [4.78, 5) is 6.61. The zero-order chi connectivity index (χ0) is 14.4. The molecule has 0 spiro atoms. The molecule has 0 saturated carbocycles. The molecule has 6 heteroatoms. The van der Waals surface area contributed by atoms with Gasteiger partial charge in [-0.1, -0.05) is 29.3 Å². The van der Waals surface area contributed by atoms with Crippen LogP contribution in [0.4, 0.5) is 0 Å². The average molecular weight is 315 g/mol. The van der Waals surface area contributed by atoms with Crippen LogP contribution in [0.15, 0.2) is 23.2 Å². The van der Waals surface area contributed by atoms with Crippen molar-refractivity contribution < 1.29 is 0 Å². The van der Waals surface area contributed by atoms with Crippen LogP contribution in [0, 0.1) is 0 Å². The van der Waals surface area contributed by atoms with E-state index in [2.05, 4.69) is 20.5 Å². The Bertz CT molecular complexity index is 472. The molecule has 2 rings (SSSR count). The number of halogens is 2. The fourth-order valence-corrected chi connectivity index (χ4v) is 2.48. The Morgan fingerprint density at radius 2 is 2.10 bits per heavy atom. The molecule has 1 aromatic rings. The van der Waals surface area contributed by atoms with Crippen LogP contribution in [0.5, 0.6) is 0 Å². The second kappa shape index (κ2) is 7.72. The lowest BCUT2D eigenvalue weighted by molar-refractivity contribution is 0.185. The highest BCUT2D eigenvalue weighted by Crippen LogP contribution is 2.20. The van der Waals surface area contributed by atoms with Gasteiger partial charge in [-0.2, -0.15) is 0 Å². The van der Waals surface area contributed by atoms with Crippen molar-refractivity contribution in [2.45, 2.75) is 13.0 Å². The fraction of sp³-hybridized carbons (Fsp3) is 0.500. The Balaban J connectivity index is 1.75. The molecule has 1 fully saturated rings. The third kappa shape index (κ3) is 4.54. The van der Waals surface area contributed by atoms with Crippen molar-refractivity contribution in [3.05, 3.63) is 33.8 Å². The molecule has 0 atom stereocenters. The van der Waals surface area contributed by atoms with Crippen molar-refractivity contribution in [2.75, 3.05) is 33.2 Å². The normalized spacial score (nSPS) is 15.8. The number of aliphatic imine (C=N–C) groups is 1. The minimum Gasteiger partial charge on any atom is -0.355 e. The molecule has 2 N–H and O–H groups in total. The summed E-state index contributed by atoms with van der Waals surface area (Å²) in [5.41, 5.74) is 1.00. The summed E-state index contributed by atoms with van der Waals surface area (Å²) in [7, 11) is 1.77. The minimum atomic E-state index is 0.624. The van der Waals surface area contributed by atoms with E-state index < -0.39 is 0 Å². The number of benzene rings is 1. The van der Waals surface area contributed by atoms with Crippen molar-refractivity contribution in [2.24, 2.45) is 4.99 Å². The van der Waals surface area contributed by atoms with Crippen molar-refractivity contribution in [3.63, 3.8) is 0 Å². The molecule has 0 amide bonds. The summed E-state index contributed by atoms with van der Waals surface area (Å²) in [5.74, 6) is 0.788. The van der Waals surface area contributed by atoms with Crippen molar-refractivity contribution in [1.29, 1.82) is 0 Å². The van der Waals surface area contributed by atoms with Gasteiger partial charge in [-0.05, 0) is 37.2 Å². The van der Waals surface area contributed by atoms with Gasteiger partial charge in [0.2, 0.25) is 0 Å². The molecular weight excluding hydrogens is 295 g/mol. The highest BCUT2D eigenvalue weighted by Gasteiger charge is 2.12. The number of guanidine groups is 1. The third-order valence-electron chi connectivity index (χ3n) is 3.35. The zero-order valence-corrected chi connectivity index (χ0v) is 13.1. The first kappa shape index (κ1) is 15.4. The van der Waals surface area contributed by atoms with Gasteiger partial charge in [0.1, 0.15) is 0 Å². The molecule has 1 aromatic carbocycles. The summed E-state index contributed by atoms with van der Waals surface area (Å²) in [6, 6.07) is 5.51. The van der Waals surface area contributed by atoms with Gasteiger partial charge >= 0.3 is 0 Å². The summed E-state index contributed by atoms with van der Waals surface area (Å²) in [5, 5.41) is 7.86. The van der Waals surface area contributed by atoms with E-state index in [4.69, 9.17) is 23.2 Å². The number of hydrogen-bond donors (Lipinski definition) is 2. The zero-order valence-electron chi connectivity index (χ0n) is 11.6. The van der Waals surface area contributed by atoms with E-state index in [1.165, 1.54) is 19.5 Å². The molecule has 110 valence electrons. The van der Waals surface area contributed by atoms with Gasteiger partial charge in [-0.3, -0.25) is 4.99 Å². The minimum absolute atomic E-state index is 0.624. The molecule has 1 aliphatic rings. The van der Waals surface area contributed by atoms with E-state index in [0.29, 0.717) is 16.6 Å². The molecule has 20 heavy (non-hydrogen) atoms. The third-order valence-corrected chi connectivity index (χ3v) is 3.94. The van der Waals surface area contributed by atoms with Crippen LogP contribution in [-0.4, -0.2) is 44.1 Å². The molecule has 0 radical (unpaired) electrons. The van der Waals surface area contributed by atoms with Gasteiger partial charge in [0.25, 0.3) is 0 Å². The van der Waals surface area contributed by atoms with E-state index in [1.54, 1.807) is 13.1 Å². The first-order chi connectivity index (χ1) is 9.69. The number of nitrogens with one attached hydrogen (secondary N) is 2. The predicted molar refractivity (Wildman–Crippen MR) is 85.7 cm³/mol. The maximum atomic E-state index is 6.14. The molecule has 1 aliphatic heterocycles. The van der Waals surface area contributed by atoms with Crippen LogP contribution >= 0.6 is 23.2 Å². The Hall–Kier alpha value is -0.970. The van der Waals surface area contributed by atoms with E-state index in [-0.39, 0.29) is 0 Å². The number of hydrogen-bond acceptors (Lipinski definition) is 2. The first-order valence-electron chi connectivity index (χ1n) is 6.80. The van der Waals surface area contributed by atoms with Crippen LogP contribution in [0.3, 0.4) is 0 Å².